The maximum absolute atomic E-state index is 11.7. The van der Waals surface area contributed by atoms with E-state index >= 15 is 0 Å². The molecule has 0 aliphatic carbocycles. The van der Waals surface area contributed by atoms with Crippen LogP contribution in [-0.2, 0) is 24.2 Å². The SMILES string of the molecule is CN(CCS(=O)(=O)CCC(N)=O)C1COCC1C(=O)O. The zero-order valence-corrected chi connectivity index (χ0v) is 12.1. The fraction of sp³-hybridized carbons (Fsp3) is 0.818. The lowest BCUT2D eigenvalue weighted by Gasteiger charge is -2.25. The monoisotopic (exact) mass is 308 g/mol. The van der Waals surface area contributed by atoms with Gasteiger partial charge in [0.05, 0.1) is 30.6 Å². The molecule has 3 N–H and O–H groups in total. The molecule has 1 aliphatic rings. The second-order valence-corrected chi connectivity index (χ2v) is 7.20. The molecule has 1 heterocycles. The van der Waals surface area contributed by atoms with E-state index in [1.54, 1.807) is 11.9 Å². The summed E-state index contributed by atoms with van der Waals surface area (Å²) in [6, 6.07) is -0.334. The Morgan fingerprint density at radius 3 is 2.55 bits per heavy atom. The number of carboxylic acid groups (broad SMARTS) is 1. The Morgan fingerprint density at radius 1 is 1.35 bits per heavy atom. The molecule has 9 heteroatoms. The molecule has 0 aromatic rings. The number of sulfone groups is 1. The summed E-state index contributed by atoms with van der Waals surface area (Å²) in [7, 11) is -1.70. The third kappa shape index (κ3) is 5.06. The number of hydrogen-bond donors (Lipinski definition) is 2. The molecule has 1 amide bonds. The second kappa shape index (κ2) is 7.00. The Labute approximate surface area is 117 Å². The molecule has 1 aliphatic heterocycles. The number of carbonyl (C=O) groups excluding carboxylic acids is 1. The highest BCUT2D eigenvalue weighted by Gasteiger charge is 2.36. The zero-order chi connectivity index (χ0) is 15.3. The first kappa shape index (κ1) is 16.9. The van der Waals surface area contributed by atoms with Crippen molar-refractivity contribution in [1.82, 2.24) is 4.90 Å². The summed E-state index contributed by atoms with van der Waals surface area (Å²) in [6.07, 6.45) is -0.198. The largest absolute Gasteiger partial charge is 0.481 e. The van der Waals surface area contributed by atoms with Crippen molar-refractivity contribution < 1.29 is 27.9 Å². The van der Waals surface area contributed by atoms with E-state index in [1.165, 1.54) is 0 Å². The van der Waals surface area contributed by atoms with Gasteiger partial charge in [-0.1, -0.05) is 0 Å². The predicted molar refractivity (Wildman–Crippen MR) is 70.8 cm³/mol. The van der Waals surface area contributed by atoms with Gasteiger partial charge >= 0.3 is 5.97 Å². The fourth-order valence-corrected chi connectivity index (χ4v) is 3.30. The molecule has 0 spiro atoms. The molecule has 20 heavy (non-hydrogen) atoms. The lowest BCUT2D eigenvalue weighted by molar-refractivity contribution is -0.143. The molecule has 1 rings (SSSR count). The van der Waals surface area contributed by atoms with Gasteiger partial charge in [-0.2, -0.15) is 0 Å². The van der Waals surface area contributed by atoms with Crippen molar-refractivity contribution in [2.75, 3.05) is 38.3 Å². The summed E-state index contributed by atoms with van der Waals surface area (Å²) in [5, 5.41) is 9.03. The molecule has 116 valence electrons. The van der Waals surface area contributed by atoms with Gasteiger partial charge < -0.3 is 15.6 Å². The van der Waals surface area contributed by atoms with Gasteiger partial charge in [0.2, 0.25) is 5.91 Å². The molecule has 8 nitrogen and oxygen atoms in total. The van der Waals surface area contributed by atoms with E-state index in [0.717, 1.165) is 0 Å². The number of amides is 1. The predicted octanol–water partition coefficient (Wildman–Crippen LogP) is -1.69. The summed E-state index contributed by atoms with van der Waals surface area (Å²) in [5.74, 6) is -2.67. The van der Waals surface area contributed by atoms with Gasteiger partial charge in [0.15, 0.2) is 9.84 Å². The summed E-state index contributed by atoms with van der Waals surface area (Å²) < 4.78 is 28.5. The zero-order valence-electron chi connectivity index (χ0n) is 11.3. The Bertz CT molecular complexity index is 464. The van der Waals surface area contributed by atoms with Crippen molar-refractivity contribution in [3.05, 3.63) is 0 Å². The molecular formula is C11H20N2O6S. The fourth-order valence-electron chi connectivity index (χ4n) is 2.02. The number of nitrogens with zero attached hydrogens (tertiary/aromatic N) is 1. The molecule has 0 aromatic carbocycles. The van der Waals surface area contributed by atoms with Crippen LogP contribution in [0.2, 0.25) is 0 Å². The van der Waals surface area contributed by atoms with E-state index in [9.17, 15) is 18.0 Å². The minimum absolute atomic E-state index is 0.138. The number of aliphatic carboxylic acids is 1. The van der Waals surface area contributed by atoms with Crippen molar-refractivity contribution in [3.63, 3.8) is 0 Å². The molecule has 2 atom stereocenters. The van der Waals surface area contributed by atoms with Gasteiger partial charge in [0.1, 0.15) is 0 Å². The third-order valence-electron chi connectivity index (χ3n) is 3.35. The maximum Gasteiger partial charge on any atom is 0.310 e. The summed E-state index contributed by atoms with van der Waals surface area (Å²) >= 11 is 0. The Morgan fingerprint density at radius 2 is 2.00 bits per heavy atom. The minimum atomic E-state index is -3.37. The first-order valence-electron chi connectivity index (χ1n) is 6.22. The van der Waals surface area contributed by atoms with Gasteiger partial charge in [0.25, 0.3) is 0 Å². The van der Waals surface area contributed by atoms with Crippen molar-refractivity contribution in [2.45, 2.75) is 12.5 Å². The van der Waals surface area contributed by atoms with Gasteiger partial charge in [-0.15, -0.1) is 0 Å². The van der Waals surface area contributed by atoms with Crippen LogP contribution in [0.1, 0.15) is 6.42 Å². The van der Waals surface area contributed by atoms with Crippen LogP contribution in [0.4, 0.5) is 0 Å². The van der Waals surface area contributed by atoms with E-state index < -0.39 is 27.6 Å². The lowest BCUT2D eigenvalue weighted by Crippen LogP contribution is -2.43. The van der Waals surface area contributed by atoms with Crippen molar-refractivity contribution >= 4 is 21.7 Å². The molecule has 0 aromatic heterocycles. The number of rotatable bonds is 8. The van der Waals surface area contributed by atoms with Crippen molar-refractivity contribution in [3.8, 4) is 0 Å². The molecule has 1 fully saturated rings. The first-order valence-corrected chi connectivity index (χ1v) is 8.04. The highest BCUT2D eigenvalue weighted by atomic mass is 32.2. The molecule has 1 saturated heterocycles. The number of carboxylic acids is 1. The van der Waals surface area contributed by atoms with Crippen LogP contribution < -0.4 is 5.73 Å². The topological polar surface area (TPSA) is 127 Å². The maximum atomic E-state index is 11.7. The summed E-state index contributed by atoms with van der Waals surface area (Å²) in [5.41, 5.74) is 4.91. The highest BCUT2D eigenvalue weighted by molar-refractivity contribution is 7.91. The molecule has 0 bridgehead atoms. The van der Waals surface area contributed by atoms with Crippen molar-refractivity contribution in [2.24, 2.45) is 11.7 Å². The Hall–Kier alpha value is -1.19. The minimum Gasteiger partial charge on any atom is -0.481 e. The van der Waals surface area contributed by atoms with E-state index in [1.807, 2.05) is 0 Å². The van der Waals surface area contributed by atoms with Crippen LogP contribution in [0.3, 0.4) is 0 Å². The Kier molecular flexibility index (Phi) is 5.90. The van der Waals surface area contributed by atoms with Crippen LogP contribution >= 0.6 is 0 Å². The number of ether oxygens (including phenoxy) is 1. The van der Waals surface area contributed by atoms with Crippen LogP contribution in [0.5, 0.6) is 0 Å². The number of nitrogens with two attached hydrogens (primary N) is 1. The summed E-state index contributed by atoms with van der Waals surface area (Å²) in [4.78, 5) is 23.3. The van der Waals surface area contributed by atoms with E-state index in [4.69, 9.17) is 15.6 Å². The average molecular weight is 308 g/mol. The molecule has 0 saturated carbocycles. The lowest BCUT2D eigenvalue weighted by atomic mass is 10.0. The van der Waals surface area contributed by atoms with Crippen LogP contribution in [0.25, 0.3) is 0 Å². The second-order valence-electron chi connectivity index (χ2n) is 4.90. The normalized spacial score (nSPS) is 23.1. The molecule has 2 unspecified atom stereocenters. The molecule has 0 radical (unpaired) electrons. The number of likely N-dealkylation sites (N-methyl/N-ethyl adjacent to an activating group) is 1. The van der Waals surface area contributed by atoms with Gasteiger partial charge in [-0.25, -0.2) is 8.42 Å². The smallest absolute Gasteiger partial charge is 0.310 e. The van der Waals surface area contributed by atoms with E-state index in [2.05, 4.69) is 0 Å². The average Bonchev–Trinajstić information content (AvgIpc) is 2.83. The quantitative estimate of drug-likeness (QED) is 0.547. The summed E-state index contributed by atoms with van der Waals surface area (Å²) in [6.45, 7) is 0.604. The Balaban J connectivity index is 2.48. The van der Waals surface area contributed by atoms with E-state index in [-0.39, 0.29) is 43.7 Å². The highest BCUT2D eigenvalue weighted by Crippen LogP contribution is 2.18. The van der Waals surface area contributed by atoms with Crippen LogP contribution in [0.15, 0.2) is 0 Å². The van der Waals surface area contributed by atoms with Gasteiger partial charge in [-0.3, -0.25) is 14.5 Å². The van der Waals surface area contributed by atoms with Crippen molar-refractivity contribution in [1.29, 1.82) is 0 Å². The number of hydrogen-bond acceptors (Lipinski definition) is 6. The molecular weight excluding hydrogens is 288 g/mol. The van der Waals surface area contributed by atoms with E-state index in [0.29, 0.717) is 0 Å². The first-order chi connectivity index (χ1) is 9.23. The van der Waals surface area contributed by atoms with Crippen LogP contribution in [0, 0.1) is 5.92 Å². The third-order valence-corrected chi connectivity index (χ3v) is 4.98. The van der Waals surface area contributed by atoms with Gasteiger partial charge in [0, 0.05) is 19.0 Å². The number of carbonyl (C=O) groups is 2. The van der Waals surface area contributed by atoms with Gasteiger partial charge in [-0.05, 0) is 7.05 Å². The standard InChI is InChI=1S/C11H20N2O6S/c1-13(9-7-19-6-8(9)11(15)16)3-5-20(17,18)4-2-10(12)14/h8-9H,2-7H2,1H3,(H2,12,14)(H,15,16). The van der Waals surface area contributed by atoms with Crippen LogP contribution in [-0.4, -0.2) is 74.7 Å². The number of primary amides is 1.